The van der Waals surface area contributed by atoms with Crippen molar-refractivity contribution in [3.05, 3.63) is 16.4 Å². The molecule has 0 fully saturated rings. The van der Waals surface area contributed by atoms with Crippen LogP contribution >= 0.6 is 11.6 Å². The standard InChI is InChI=1S/C14H26ClN3/c1-6-11-13(15)12(18(8-3)17-11)9-14(16,7-2)10(4)5/h10H,6-9,16H2,1-5H3. The van der Waals surface area contributed by atoms with Gasteiger partial charge in [-0.25, -0.2) is 0 Å². The number of hydrogen-bond acceptors (Lipinski definition) is 2. The monoisotopic (exact) mass is 271 g/mol. The van der Waals surface area contributed by atoms with Crippen molar-refractivity contribution in [2.45, 2.75) is 66.0 Å². The maximum atomic E-state index is 6.52. The third-order valence-electron chi connectivity index (χ3n) is 4.00. The fraction of sp³-hybridized carbons (Fsp3) is 0.786. The van der Waals surface area contributed by atoms with Crippen molar-refractivity contribution in [2.24, 2.45) is 11.7 Å². The summed E-state index contributed by atoms with van der Waals surface area (Å²) in [6.07, 6.45) is 2.60. The molecule has 4 heteroatoms. The summed E-state index contributed by atoms with van der Waals surface area (Å²) in [6.45, 7) is 11.5. The SMILES string of the molecule is CCc1nn(CC)c(CC(N)(CC)C(C)C)c1Cl. The molecule has 0 aromatic carbocycles. The van der Waals surface area contributed by atoms with Crippen molar-refractivity contribution in [3.63, 3.8) is 0 Å². The van der Waals surface area contributed by atoms with Crippen LogP contribution in [0.2, 0.25) is 5.02 Å². The maximum Gasteiger partial charge on any atom is 0.0850 e. The van der Waals surface area contributed by atoms with Crippen LogP contribution in [0.1, 0.15) is 52.4 Å². The number of halogens is 1. The van der Waals surface area contributed by atoms with E-state index in [0.29, 0.717) is 5.92 Å². The van der Waals surface area contributed by atoms with E-state index < -0.39 is 0 Å². The van der Waals surface area contributed by atoms with Gasteiger partial charge < -0.3 is 5.73 Å². The number of hydrogen-bond donors (Lipinski definition) is 1. The van der Waals surface area contributed by atoms with Gasteiger partial charge in [-0.1, -0.05) is 39.3 Å². The van der Waals surface area contributed by atoms with Gasteiger partial charge in [-0.2, -0.15) is 5.10 Å². The predicted molar refractivity (Wildman–Crippen MR) is 78.0 cm³/mol. The van der Waals surface area contributed by atoms with E-state index >= 15 is 0 Å². The zero-order chi connectivity index (χ0) is 13.9. The Morgan fingerprint density at radius 1 is 1.33 bits per heavy atom. The molecule has 104 valence electrons. The van der Waals surface area contributed by atoms with Crippen molar-refractivity contribution in [1.82, 2.24) is 9.78 Å². The summed E-state index contributed by atoms with van der Waals surface area (Å²) in [5.74, 6) is 0.420. The van der Waals surface area contributed by atoms with Gasteiger partial charge in [-0.3, -0.25) is 4.68 Å². The molecule has 0 aliphatic rings. The first kappa shape index (κ1) is 15.5. The van der Waals surface area contributed by atoms with Gasteiger partial charge >= 0.3 is 0 Å². The van der Waals surface area contributed by atoms with Crippen LogP contribution in [0.3, 0.4) is 0 Å². The van der Waals surface area contributed by atoms with Gasteiger partial charge in [0.15, 0.2) is 0 Å². The van der Waals surface area contributed by atoms with Gasteiger partial charge in [0.1, 0.15) is 0 Å². The Bertz CT molecular complexity index is 398. The smallest absolute Gasteiger partial charge is 0.0850 e. The average Bonchev–Trinajstić information content (AvgIpc) is 2.65. The highest BCUT2D eigenvalue weighted by Gasteiger charge is 2.30. The van der Waals surface area contributed by atoms with Crippen LogP contribution in [0, 0.1) is 5.92 Å². The lowest BCUT2D eigenvalue weighted by Gasteiger charge is -2.32. The summed E-state index contributed by atoms with van der Waals surface area (Å²) in [5, 5.41) is 5.36. The molecule has 1 aromatic rings. The average molecular weight is 272 g/mol. The number of aromatic nitrogens is 2. The zero-order valence-corrected chi connectivity index (χ0v) is 13.0. The van der Waals surface area contributed by atoms with Crippen molar-refractivity contribution in [2.75, 3.05) is 0 Å². The molecule has 1 aromatic heterocycles. The Kier molecular flexibility index (Phi) is 5.23. The van der Waals surface area contributed by atoms with E-state index in [1.165, 1.54) is 0 Å². The van der Waals surface area contributed by atoms with E-state index in [1.54, 1.807) is 0 Å². The highest BCUT2D eigenvalue weighted by atomic mass is 35.5. The molecule has 18 heavy (non-hydrogen) atoms. The number of aryl methyl sites for hydroxylation is 2. The first-order valence-corrected chi connectivity index (χ1v) is 7.30. The highest BCUT2D eigenvalue weighted by molar-refractivity contribution is 6.31. The predicted octanol–water partition coefficient (Wildman–Crippen LogP) is 3.42. The Hall–Kier alpha value is -0.540. The summed E-state index contributed by atoms with van der Waals surface area (Å²) in [4.78, 5) is 0. The summed E-state index contributed by atoms with van der Waals surface area (Å²) < 4.78 is 2.00. The van der Waals surface area contributed by atoms with Crippen LogP contribution in [0.4, 0.5) is 0 Å². The summed E-state index contributed by atoms with van der Waals surface area (Å²) in [6, 6.07) is 0. The van der Waals surface area contributed by atoms with E-state index in [-0.39, 0.29) is 5.54 Å². The van der Waals surface area contributed by atoms with Gasteiger partial charge in [0.25, 0.3) is 0 Å². The van der Waals surface area contributed by atoms with Gasteiger partial charge in [0.2, 0.25) is 0 Å². The van der Waals surface area contributed by atoms with E-state index in [1.807, 2.05) is 4.68 Å². The molecule has 1 heterocycles. The molecule has 1 unspecified atom stereocenters. The van der Waals surface area contributed by atoms with Crippen LogP contribution in [0.15, 0.2) is 0 Å². The third kappa shape index (κ3) is 2.89. The molecule has 1 atom stereocenters. The molecular formula is C14H26ClN3. The van der Waals surface area contributed by atoms with E-state index in [0.717, 1.165) is 42.2 Å². The minimum Gasteiger partial charge on any atom is -0.325 e. The molecule has 0 saturated carbocycles. The topological polar surface area (TPSA) is 43.8 Å². The second-order valence-electron chi connectivity index (χ2n) is 5.29. The Morgan fingerprint density at radius 3 is 2.33 bits per heavy atom. The molecule has 2 N–H and O–H groups in total. The molecule has 0 saturated heterocycles. The second-order valence-corrected chi connectivity index (χ2v) is 5.67. The lowest BCUT2D eigenvalue weighted by atomic mass is 9.81. The van der Waals surface area contributed by atoms with Crippen LogP contribution < -0.4 is 5.73 Å². The quantitative estimate of drug-likeness (QED) is 0.862. The van der Waals surface area contributed by atoms with Gasteiger partial charge in [0.05, 0.1) is 16.4 Å². The maximum absolute atomic E-state index is 6.52. The van der Waals surface area contributed by atoms with Crippen LogP contribution in [-0.2, 0) is 19.4 Å². The van der Waals surface area contributed by atoms with Crippen molar-refractivity contribution in [1.29, 1.82) is 0 Å². The molecule has 0 spiro atoms. The highest BCUT2D eigenvalue weighted by Crippen LogP contribution is 2.29. The minimum absolute atomic E-state index is 0.207. The first-order valence-electron chi connectivity index (χ1n) is 6.92. The molecule has 3 nitrogen and oxygen atoms in total. The second kappa shape index (κ2) is 6.07. The molecule has 0 aliphatic carbocycles. The number of nitrogens with zero attached hydrogens (tertiary/aromatic N) is 2. The lowest BCUT2D eigenvalue weighted by molar-refractivity contribution is 0.289. The molecular weight excluding hydrogens is 246 g/mol. The molecule has 1 rings (SSSR count). The zero-order valence-electron chi connectivity index (χ0n) is 12.3. The Balaban J connectivity index is 3.13. The normalized spacial score (nSPS) is 15.1. The first-order chi connectivity index (χ1) is 8.39. The van der Waals surface area contributed by atoms with Crippen molar-refractivity contribution in [3.8, 4) is 0 Å². The number of rotatable bonds is 6. The van der Waals surface area contributed by atoms with Crippen LogP contribution in [-0.4, -0.2) is 15.3 Å². The minimum atomic E-state index is -0.207. The third-order valence-corrected chi connectivity index (χ3v) is 4.44. The van der Waals surface area contributed by atoms with E-state index in [4.69, 9.17) is 17.3 Å². The Morgan fingerprint density at radius 2 is 1.94 bits per heavy atom. The van der Waals surface area contributed by atoms with Gasteiger partial charge in [0, 0.05) is 18.5 Å². The molecule has 0 aliphatic heterocycles. The largest absolute Gasteiger partial charge is 0.325 e. The van der Waals surface area contributed by atoms with E-state index in [2.05, 4.69) is 39.7 Å². The summed E-state index contributed by atoms with van der Waals surface area (Å²) >= 11 is 6.44. The van der Waals surface area contributed by atoms with Crippen LogP contribution in [0.25, 0.3) is 0 Å². The summed E-state index contributed by atoms with van der Waals surface area (Å²) in [5.41, 5.74) is 8.38. The molecule has 0 amide bonds. The number of nitrogens with two attached hydrogens (primary N) is 1. The molecule has 0 bridgehead atoms. The van der Waals surface area contributed by atoms with Crippen LogP contribution in [0.5, 0.6) is 0 Å². The van der Waals surface area contributed by atoms with E-state index in [9.17, 15) is 0 Å². The fourth-order valence-electron chi connectivity index (χ4n) is 2.24. The Labute approximate surface area is 116 Å². The van der Waals surface area contributed by atoms with Crippen molar-refractivity contribution < 1.29 is 0 Å². The fourth-order valence-corrected chi connectivity index (χ4v) is 2.57. The molecule has 0 radical (unpaired) electrons. The van der Waals surface area contributed by atoms with Gasteiger partial charge in [-0.15, -0.1) is 0 Å². The lowest BCUT2D eigenvalue weighted by Crippen LogP contribution is -2.47. The van der Waals surface area contributed by atoms with Gasteiger partial charge in [-0.05, 0) is 25.7 Å². The summed E-state index contributed by atoms with van der Waals surface area (Å²) in [7, 11) is 0. The van der Waals surface area contributed by atoms with Crippen molar-refractivity contribution >= 4 is 11.6 Å².